The number of aliphatic hydroxyl groups excluding tert-OH is 1. The van der Waals surface area contributed by atoms with Gasteiger partial charge in [-0.05, 0) is 24.1 Å². The molecule has 1 aromatic carbocycles. The third-order valence-corrected chi connectivity index (χ3v) is 4.06. The van der Waals surface area contributed by atoms with Crippen LogP contribution in [0.15, 0.2) is 48.8 Å². The number of carbonyl (C=O) groups excluding carboxylic acids is 1. The van der Waals surface area contributed by atoms with E-state index < -0.39 is 6.04 Å². The van der Waals surface area contributed by atoms with E-state index in [9.17, 15) is 9.90 Å². The summed E-state index contributed by atoms with van der Waals surface area (Å²) in [5.74, 6) is 0.0147. The summed E-state index contributed by atoms with van der Waals surface area (Å²) in [7, 11) is 1.48. The van der Waals surface area contributed by atoms with Crippen molar-refractivity contribution in [3.8, 4) is 11.3 Å². The van der Waals surface area contributed by atoms with E-state index in [4.69, 9.17) is 4.84 Å². The Labute approximate surface area is 156 Å². The van der Waals surface area contributed by atoms with E-state index in [0.717, 1.165) is 16.7 Å². The molecule has 2 heterocycles. The van der Waals surface area contributed by atoms with Gasteiger partial charge in [-0.2, -0.15) is 0 Å². The van der Waals surface area contributed by atoms with E-state index in [2.05, 4.69) is 25.7 Å². The molecule has 0 bridgehead atoms. The van der Waals surface area contributed by atoms with Gasteiger partial charge in [-0.15, -0.1) is 0 Å². The van der Waals surface area contributed by atoms with Gasteiger partial charge < -0.3 is 15.4 Å². The Morgan fingerprint density at radius 1 is 1.33 bits per heavy atom. The van der Waals surface area contributed by atoms with E-state index >= 15 is 0 Å². The summed E-state index contributed by atoms with van der Waals surface area (Å²) < 4.78 is 0. The Morgan fingerprint density at radius 2 is 2.11 bits per heavy atom. The molecule has 0 saturated heterocycles. The van der Waals surface area contributed by atoms with Gasteiger partial charge >= 0.3 is 0 Å². The molecule has 8 nitrogen and oxygen atoms in total. The summed E-state index contributed by atoms with van der Waals surface area (Å²) in [6.07, 6.45) is 3.38. The van der Waals surface area contributed by atoms with Gasteiger partial charge in [0.2, 0.25) is 5.95 Å². The first-order valence-corrected chi connectivity index (χ1v) is 8.40. The molecule has 3 aromatic rings. The van der Waals surface area contributed by atoms with Crippen LogP contribution >= 0.6 is 0 Å². The second-order valence-corrected chi connectivity index (χ2v) is 5.95. The minimum Gasteiger partial charge on any atom is -0.394 e. The second kappa shape index (κ2) is 8.43. The van der Waals surface area contributed by atoms with Crippen molar-refractivity contribution in [3.63, 3.8) is 0 Å². The SMILES string of the molecule is CONc1ncc(C)c(-c2c[nH]c(C(=O)N[C@H](CO)c3ccccc3)c2)n1. The van der Waals surface area contributed by atoms with Gasteiger partial charge in [0.25, 0.3) is 5.91 Å². The molecule has 0 radical (unpaired) electrons. The van der Waals surface area contributed by atoms with E-state index in [0.29, 0.717) is 17.3 Å². The third kappa shape index (κ3) is 4.30. The Kier molecular flexibility index (Phi) is 5.80. The highest BCUT2D eigenvalue weighted by Crippen LogP contribution is 2.23. The van der Waals surface area contributed by atoms with Crippen molar-refractivity contribution in [2.24, 2.45) is 0 Å². The monoisotopic (exact) mass is 367 g/mol. The lowest BCUT2D eigenvalue weighted by Gasteiger charge is -2.16. The number of aliphatic hydroxyl groups is 1. The maximum absolute atomic E-state index is 12.6. The highest BCUT2D eigenvalue weighted by atomic mass is 16.6. The lowest BCUT2D eigenvalue weighted by atomic mass is 10.1. The van der Waals surface area contributed by atoms with Crippen molar-refractivity contribution < 1.29 is 14.7 Å². The lowest BCUT2D eigenvalue weighted by molar-refractivity contribution is 0.0912. The fourth-order valence-electron chi connectivity index (χ4n) is 2.69. The molecule has 0 aliphatic heterocycles. The quantitative estimate of drug-likeness (QED) is 0.476. The van der Waals surface area contributed by atoms with Gasteiger partial charge in [0, 0.05) is 18.0 Å². The maximum Gasteiger partial charge on any atom is 0.268 e. The Hall–Kier alpha value is -3.23. The Morgan fingerprint density at radius 3 is 2.81 bits per heavy atom. The topological polar surface area (TPSA) is 112 Å². The van der Waals surface area contributed by atoms with Crippen molar-refractivity contribution in [3.05, 3.63) is 65.6 Å². The van der Waals surface area contributed by atoms with Crippen LogP contribution in [0.4, 0.5) is 5.95 Å². The summed E-state index contributed by atoms with van der Waals surface area (Å²) in [4.78, 5) is 28.9. The van der Waals surface area contributed by atoms with E-state index in [1.807, 2.05) is 37.3 Å². The molecule has 1 atom stereocenters. The fourth-order valence-corrected chi connectivity index (χ4v) is 2.69. The average Bonchev–Trinajstić information content (AvgIpc) is 3.18. The normalized spacial score (nSPS) is 11.8. The summed E-state index contributed by atoms with van der Waals surface area (Å²) in [5, 5.41) is 12.4. The molecule has 1 amide bonds. The molecule has 0 fully saturated rings. The van der Waals surface area contributed by atoms with Crippen molar-refractivity contribution in [2.45, 2.75) is 13.0 Å². The number of amides is 1. The zero-order valence-corrected chi connectivity index (χ0v) is 15.1. The Bertz CT molecular complexity index is 911. The standard InChI is InChI=1S/C19H21N5O3/c1-12-9-21-19(24-27-2)23-17(12)14-8-15(20-10-14)18(26)22-16(11-25)13-6-4-3-5-7-13/h3-10,16,20,25H,11H2,1-2H3,(H,22,26)(H,21,23,24)/t16-/m1/s1. The number of hydrogen-bond donors (Lipinski definition) is 4. The minimum absolute atomic E-state index is 0.194. The predicted octanol–water partition coefficient (Wildman–Crippen LogP) is 2.22. The summed E-state index contributed by atoms with van der Waals surface area (Å²) in [6.45, 7) is 1.69. The first-order valence-electron chi connectivity index (χ1n) is 8.40. The van der Waals surface area contributed by atoms with Crippen LogP contribution in [0, 0.1) is 6.92 Å². The number of aromatic amines is 1. The fraction of sp³-hybridized carbons (Fsp3) is 0.211. The van der Waals surface area contributed by atoms with Crippen LogP contribution in [0.2, 0.25) is 0 Å². The Balaban J connectivity index is 1.79. The number of carbonyl (C=O) groups is 1. The smallest absolute Gasteiger partial charge is 0.268 e. The first-order chi connectivity index (χ1) is 13.1. The number of H-pyrrole nitrogens is 1. The van der Waals surface area contributed by atoms with Gasteiger partial charge in [0.1, 0.15) is 5.69 Å². The molecule has 27 heavy (non-hydrogen) atoms. The minimum atomic E-state index is -0.483. The van der Waals surface area contributed by atoms with Crippen molar-refractivity contribution in [1.82, 2.24) is 20.3 Å². The highest BCUT2D eigenvalue weighted by molar-refractivity contribution is 5.94. The first kappa shape index (κ1) is 18.6. The number of nitrogens with zero attached hydrogens (tertiary/aromatic N) is 2. The van der Waals surface area contributed by atoms with Crippen LogP contribution in [0.5, 0.6) is 0 Å². The molecular formula is C19H21N5O3. The van der Waals surface area contributed by atoms with Crippen LogP contribution in [0.3, 0.4) is 0 Å². The maximum atomic E-state index is 12.6. The summed E-state index contributed by atoms with van der Waals surface area (Å²) in [6, 6.07) is 10.5. The molecule has 140 valence electrons. The van der Waals surface area contributed by atoms with Crippen molar-refractivity contribution in [2.75, 3.05) is 19.2 Å². The van der Waals surface area contributed by atoms with Crippen LogP contribution in [0.25, 0.3) is 11.3 Å². The molecule has 0 unspecified atom stereocenters. The number of hydrogen-bond acceptors (Lipinski definition) is 6. The van der Waals surface area contributed by atoms with Gasteiger partial charge in [-0.1, -0.05) is 30.3 Å². The van der Waals surface area contributed by atoms with Crippen LogP contribution in [-0.4, -0.2) is 39.7 Å². The molecule has 2 aromatic heterocycles. The van der Waals surface area contributed by atoms with Gasteiger partial charge in [0.15, 0.2) is 0 Å². The van der Waals surface area contributed by atoms with Gasteiger partial charge in [-0.25, -0.2) is 15.4 Å². The van der Waals surface area contributed by atoms with Crippen LogP contribution in [0.1, 0.15) is 27.7 Å². The molecule has 3 rings (SSSR count). The molecule has 0 spiro atoms. The number of benzene rings is 1. The van der Waals surface area contributed by atoms with Crippen molar-refractivity contribution in [1.29, 1.82) is 0 Å². The average molecular weight is 367 g/mol. The number of nitrogens with one attached hydrogen (secondary N) is 3. The molecule has 0 saturated carbocycles. The molecule has 0 aliphatic carbocycles. The van der Waals surface area contributed by atoms with Crippen LogP contribution in [-0.2, 0) is 4.84 Å². The summed E-state index contributed by atoms with van der Waals surface area (Å²) in [5.41, 5.74) is 6.09. The highest BCUT2D eigenvalue weighted by Gasteiger charge is 2.17. The number of rotatable bonds is 7. The molecule has 4 N–H and O–H groups in total. The predicted molar refractivity (Wildman–Crippen MR) is 101 cm³/mol. The largest absolute Gasteiger partial charge is 0.394 e. The van der Waals surface area contributed by atoms with Gasteiger partial charge in [0.05, 0.1) is 25.5 Å². The van der Waals surface area contributed by atoms with E-state index in [1.165, 1.54) is 7.11 Å². The number of aryl methyl sites for hydroxylation is 1. The molecular weight excluding hydrogens is 346 g/mol. The lowest BCUT2D eigenvalue weighted by Crippen LogP contribution is -2.30. The second-order valence-electron chi connectivity index (χ2n) is 5.95. The van der Waals surface area contributed by atoms with E-state index in [1.54, 1.807) is 18.5 Å². The van der Waals surface area contributed by atoms with E-state index in [-0.39, 0.29) is 12.5 Å². The molecule has 0 aliphatic rings. The van der Waals surface area contributed by atoms with Crippen molar-refractivity contribution >= 4 is 11.9 Å². The van der Waals surface area contributed by atoms with Crippen LogP contribution < -0.4 is 10.8 Å². The third-order valence-electron chi connectivity index (χ3n) is 4.06. The van der Waals surface area contributed by atoms with Gasteiger partial charge in [-0.3, -0.25) is 9.63 Å². The summed E-state index contributed by atoms with van der Waals surface area (Å²) >= 11 is 0. The molecule has 8 heteroatoms. The number of anilines is 1. The zero-order chi connectivity index (χ0) is 19.2. The number of aromatic nitrogens is 3. The zero-order valence-electron chi connectivity index (χ0n) is 15.1.